The predicted octanol–water partition coefficient (Wildman–Crippen LogP) is 1.74. The van der Waals surface area contributed by atoms with E-state index in [1.807, 2.05) is 0 Å². The molecule has 0 aliphatic carbocycles. The fourth-order valence-electron chi connectivity index (χ4n) is 1.85. The fourth-order valence-corrected chi connectivity index (χ4v) is 2.00. The van der Waals surface area contributed by atoms with Crippen molar-refractivity contribution >= 4 is 7.82 Å². The molecule has 0 saturated heterocycles. The highest BCUT2D eigenvalue weighted by molar-refractivity contribution is 7.45. The van der Waals surface area contributed by atoms with E-state index < -0.39 is 7.82 Å². The first-order valence-electron chi connectivity index (χ1n) is 6.52. The molecule has 0 amide bonds. The van der Waals surface area contributed by atoms with Crippen molar-refractivity contribution in [2.75, 3.05) is 41.0 Å². The molecule has 114 valence electrons. The number of phosphoric ester groups is 1. The van der Waals surface area contributed by atoms with Gasteiger partial charge in [-0.15, -0.1) is 0 Å². The van der Waals surface area contributed by atoms with Gasteiger partial charge in [0.2, 0.25) is 0 Å². The molecule has 1 rings (SSSR count). The van der Waals surface area contributed by atoms with E-state index in [0.717, 1.165) is 25.4 Å². The van der Waals surface area contributed by atoms with Gasteiger partial charge in [-0.1, -0.05) is 13.3 Å². The number of unbranched alkanes of at least 4 members (excludes halogenated alkanes) is 1. The third-order valence-corrected chi connectivity index (χ3v) is 4.07. The Labute approximate surface area is 116 Å². The highest BCUT2D eigenvalue weighted by Crippen LogP contribution is 2.34. The standard InChI is InChI=1S/C10H21N2.C2H7O4P/c1-4-6-8-12(5-2)9-7-11(3)10-12;1-5-7(3,4)6-2/h7,9H,4-6,8,10H2,1-3H3;1-2H3,(H,3,4)/q+1;/p-1. The van der Waals surface area contributed by atoms with Gasteiger partial charge in [0, 0.05) is 21.3 Å². The summed E-state index contributed by atoms with van der Waals surface area (Å²) in [5, 5.41) is 0. The topological polar surface area (TPSA) is 61.8 Å². The van der Waals surface area contributed by atoms with Crippen LogP contribution in [-0.4, -0.2) is 50.4 Å². The van der Waals surface area contributed by atoms with Crippen molar-refractivity contribution in [2.24, 2.45) is 0 Å². The highest BCUT2D eigenvalue weighted by Gasteiger charge is 2.27. The van der Waals surface area contributed by atoms with Gasteiger partial charge in [-0.3, -0.25) is 9.05 Å². The largest absolute Gasteiger partial charge is 0.756 e. The van der Waals surface area contributed by atoms with Crippen molar-refractivity contribution in [3.8, 4) is 0 Å². The van der Waals surface area contributed by atoms with Gasteiger partial charge in [-0.2, -0.15) is 0 Å². The van der Waals surface area contributed by atoms with Crippen molar-refractivity contribution in [1.82, 2.24) is 4.90 Å². The number of nitrogens with zero attached hydrogens (tertiary/aromatic N) is 2. The first-order chi connectivity index (χ1) is 8.84. The van der Waals surface area contributed by atoms with E-state index in [9.17, 15) is 9.46 Å². The Kier molecular flexibility index (Phi) is 8.54. The summed E-state index contributed by atoms with van der Waals surface area (Å²) in [5.74, 6) is 0. The van der Waals surface area contributed by atoms with Crippen LogP contribution in [0.4, 0.5) is 0 Å². The number of hydrogen-bond acceptors (Lipinski definition) is 5. The molecule has 0 aromatic carbocycles. The Morgan fingerprint density at radius 3 is 2.21 bits per heavy atom. The first-order valence-corrected chi connectivity index (χ1v) is 7.98. The number of phosphoric acid groups is 1. The van der Waals surface area contributed by atoms with Crippen LogP contribution in [0, 0.1) is 0 Å². The minimum absolute atomic E-state index is 1.04. The second kappa shape index (κ2) is 8.72. The lowest BCUT2D eigenvalue weighted by Crippen LogP contribution is -2.44. The summed E-state index contributed by atoms with van der Waals surface area (Å²) in [5.41, 5.74) is 0. The average Bonchev–Trinajstić information content (AvgIpc) is 2.79. The summed E-state index contributed by atoms with van der Waals surface area (Å²) in [4.78, 5) is 12.2. The molecule has 7 heteroatoms. The molecule has 0 aromatic rings. The molecule has 1 atom stereocenters. The maximum absolute atomic E-state index is 9.95. The van der Waals surface area contributed by atoms with E-state index in [2.05, 4.69) is 47.2 Å². The van der Waals surface area contributed by atoms with Crippen LogP contribution in [0.25, 0.3) is 0 Å². The summed E-state index contributed by atoms with van der Waals surface area (Å²) in [6, 6.07) is 0. The summed E-state index contributed by atoms with van der Waals surface area (Å²) >= 11 is 0. The molecular formula is C12H27N2O4P. The van der Waals surface area contributed by atoms with Crippen molar-refractivity contribution in [1.29, 1.82) is 0 Å². The van der Waals surface area contributed by atoms with Gasteiger partial charge in [0.05, 0.1) is 19.3 Å². The maximum Gasteiger partial charge on any atom is 0.267 e. The molecule has 1 heterocycles. The lowest BCUT2D eigenvalue weighted by molar-refractivity contribution is -0.879. The fraction of sp³-hybridized carbons (Fsp3) is 0.833. The van der Waals surface area contributed by atoms with Crippen LogP contribution >= 0.6 is 7.82 Å². The Balaban J connectivity index is 0.000000399. The van der Waals surface area contributed by atoms with Crippen molar-refractivity contribution in [2.45, 2.75) is 26.7 Å². The lowest BCUT2D eigenvalue weighted by Gasteiger charge is -2.31. The lowest BCUT2D eigenvalue weighted by atomic mass is 10.3. The van der Waals surface area contributed by atoms with Crippen LogP contribution in [0.15, 0.2) is 12.4 Å². The zero-order valence-corrected chi connectivity index (χ0v) is 13.6. The molecule has 1 aliphatic heterocycles. The minimum Gasteiger partial charge on any atom is -0.756 e. The van der Waals surface area contributed by atoms with Crippen molar-refractivity contribution in [3.05, 3.63) is 12.4 Å². The van der Waals surface area contributed by atoms with Gasteiger partial charge in [0.25, 0.3) is 7.82 Å². The third kappa shape index (κ3) is 7.09. The third-order valence-electron chi connectivity index (χ3n) is 3.18. The number of quaternary nitrogens is 1. The van der Waals surface area contributed by atoms with E-state index >= 15 is 0 Å². The Morgan fingerprint density at radius 1 is 1.37 bits per heavy atom. The van der Waals surface area contributed by atoms with Crippen LogP contribution in [-0.2, 0) is 13.6 Å². The van der Waals surface area contributed by atoms with Crippen LogP contribution in [0.1, 0.15) is 26.7 Å². The molecule has 0 N–H and O–H groups in total. The predicted molar refractivity (Wildman–Crippen MR) is 74.0 cm³/mol. The van der Waals surface area contributed by atoms with Gasteiger partial charge in [0.15, 0.2) is 6.67 Å². The van der Waals surface area contributed by atoms with Crippen molar-refractivity contribution in [3.63, 3.8) is 0 Å². The highest BCUT2D eigenvalue weighted by atomic mass is 31.2. The molecule has 1 aliphatic rings. The van der Waals surface area contributed by atoms with E-state index in [1.165, 1.54) is 25.9 Å². The van der Waals surface area contributed by atoms with Crippen LogP contribution < -0.4 is 4.89 Å². The molecule has 6 nitrogen and oxygen atoms in total. The molecule has 0 radical (unpaired) electrons. The zero-order valence-electron chi connectivity index (χ0n) is 12.7. The zero-order chi connectivity index (χ0) is 14.9. The monoisotopic (exact) mass is 294 g/mol. The molecule has 0 bridgehead atoms. The molecular weight excluding hydrogens is 267 g/mol. The Morgan fingerprint density at radius 2 is 1.95 bits per heavy atom. The minimum atomic E-state index is -3.90. The maximum atomic E-state index is 9.95. The van der Waals surface area contributed by atoms with E-state index in [1.54, 1.807) is 0 Å². The van der Waals surface area contributed by atoms with Gasteiger partial charge in [-0.05, 0) is 13.3 Å². The molecule has 0 spiro atoms. The van der Waals surface area contributed by atoms with Crippen LogP contribution in [0.3, 0.4) is 0 Å². The van der Waals surface area contributed by atoms with Gasteiger partial charge >= 0.3 is 0 Å². The smallest absolute Gasteiger partial charge is 0.267 e. The van der Waals surface area contributed by atoms with E-state index in [4.69, 9.17) is 0 Å². The molecule has 0 saturated carbocycles. The van der Waals surface area contributed by atoms with Crippen LogP contribution in [0.5, 0.6) is 0 Å². The van der Waals surface area contributed by atoms with Gasteiger partial charge < -0.3 is 18.8 Å². The van der Waals surface area contributed by atoms with Crippen LogP contribution in [0.2, 0.25) is 0 Å². The summed E-state index contributed by atoms with van der Waals surface area (Å²) in [7, 11) is 0.325. The van der Waals surface area contributed by atoms with E-state index in [-0.39, 0.29) is 0 Å². The average molecular weight is 294 g/mol. The summed E-state index contributed by atoms with van der Waals surface area (Å²) in [6.07, 6.45) is 7.19. The van der Waals surface area contributed by atoms with E-state index in [0.29, 0.717) is 0 Å². The Bertz CT molecular complexity index is 317. The molecule has 19 heavy (non-hydrogen) atoms. The number of hydrogen-bond donors (Lipinski definition) is 0. The quantitative estimate of drug-likeness (QED) is 0.551. The molecule has 1 unspecified atom stereocenters. The second-order valence-electron chi connectivity index (χ2n) is 4.62. The second-order valence-corrected chi connectivity index (χ2v) is 6.25. The summed E-state index contributed by atoms with van der Waals surface area (Å²) < 4.78 is 18.8. The van der Waals surface area contributed by atoms with Gasteiger partial charge in [-0.25, -0.2) is 0 Å². The molecule has 0 aromatic heterocycles. The normalized spacial score (nSPS) is 22.3. The SMILES string of the molecule is CCCC[N+]1(CC)C=CN(C)C1.COP(=O)([O-])OC. The van der Waals surface area contributed by atoms with Gasteiger partial charge in [0.1, 0.15) is 6.20 Å². The molecule has 0 fully saturated rings. The first kappa shape index (κ1) is 18.6. The van der Waals surface area contributed by atoms with Crippen molar-refractivity contribution < 1.29 is 23.0 Å². The summed E-state index contributed by atoms with van der Waals surface area (Å²) in [6.45, 7) is 8.22. The number of rotatable bonds is 6. The Hall–Kier alpha value is -0.390.